The molecule has 2 nitrogen and oxygen atoms in total. The van der Waals surface area contributed by atoms with Crippen LogP contribution in [0.5, 0.6) is 0 Å². The highest BCUT2D eigenvalue weighted by Gasteiger charge is 2.16. The summed E-state index contributed by atoms with van der Waals surface area (Å²) >= 11 is 6.25. The Morgan fingerprint density at radius 2 is 2.33 bits per heavy atom. The van der Waals surface area contributed by atoms with Crippen LogP contribution in [0.1, 0.15) is 42.3 Å². The van der Waals surface area contributed by atoms with E-state index in [1.165, 1.54) is 48.1 Å². The lowest BCUT2D eigenvalue weighted by Crippen LogP contribution is -2.35. The van der Waals surface area contributed by atoms with E-state index in [1.54, 1.807) is 0 Å². The number of aromatic nitrogens is 1. The Bertz CT molecular complexity index is 354. The van der Waals surface area contributed by atoms with Crippen molar-refractivity contribution in [2.45, 2.75) is 45.3 Å². The molecule has 102 valence electrons. The third kappa shape index (κ3) is 3.72. The first-order chi connectivity index (χ1) is 8.72. The largest absolute Gasteiger partial charge is 0.303 e. The smallest absolute Gasteiger partial charge is 0.0944 e. The van der Waals surface area contributed by atoms with E-state index in [-0.39, 0.29) is 0 Å². The highest BCUT2D eigenvalue weighted by atomic mass is 32.1. The fourth-order valence-electron chi connectivity index (χ4n) is 2.69. The topological polar surface area (TPSA) is 16.1 Å². The predicted molar refractivity (Wildman–Crippen MR) is 82.7 cm³/mol. The summed E-state index contributed by atoms with van der Waals surface area (Å²) in [6.45, 7) is 8.26. The molecule has 1 aliphatic rings. The van der Waals surface area contributed by atoms with Crippen molar-refractivity contribution in [3.8, 4) is 0 Å². The zero-order chi connectivity index (χ0) is 13.0. The van der Waals surface area contributed by atoms with Gasteiger partial charge in [-0.3, -0.25) is 0 Å². The fourth-order valence-corrected chi connectivity index (χ4v) is 4.07. The number of thiazole rings is 1. The van der Waals surface area contributed by atoms with Crippen molar-refractivity contribution in [1.29, 1.82) is 0 Å². The molecule has 18 heavy (non-hydrogen) atoms. The Hall–Kier alpha value is -0.0600. The Morgan fingerprint density at radius 3 is 2.94 bits per heavy atom. The molecule has 1 unspecified atom stereocenters. The van der Waals surface area contributed by atoms with Gasteiger partial charge < -0.3 is 4.90 Å². The minimum Gasteiger partial charge on any atom is -0.303 e. The zero-order valence-electron chi connectivity index (χ0n) is 11.5. The van der Waals surface area contributed by atoms with E-state index >= 15 is 0 Å². The summed E-state index contributed by atoms with van der Waals surface area (Å²) in [7, 11) is 0. The molecule has 0 N–H and O–H groups in total. The molecule has 0 amide bonds. The lowest BCUT2D eigenvalue weighted by molar-refractivity contribution is 0.186. The first kappa shape index (κ1) is 14.4. The first-order valence-electron chi connectivity index (χ1n) is 7.03. The van der Waals surface area contributed by atoms with Crippen LogP contribution in [0, 0.1) is 5.92 Å². The monoisotopic (exact) mass is 284 g/mol. The van der Waals surface area contributed by atoms with Crippen LogP contribution in [0.2, 0.25) is 0 Å². The number of nitrogens with zero attached hydrogens (tertiary/aromatic N) is 2. The van der Waals surface area contributed by atoms with Gasteiger partial charge in [0.1, 0.15) is 0 Å². The molecule has 0 aliphatic carbocycles. The molecule has 4 heteroatoms. The van der Waals surface area contributed by atoms with E-state index in [0.29, 0.717) is 0 Å². The summed E-state index contributed by atoms with van der Waals surface area (Å²) in [4.78, 5) is 8.71. The van der Waals surface area contributed by atoms with Gasteiger partial charge in [-0.15, -0.1) is 11.3 Å². The highest BCUT2D eigenvalue weighted by Crippen LogP contribution is 2.22. The number of aryl methyl sites for hydroxylation is 1. The van der Waals surface area contributed by atoms with Gasteiger partial charge in [-0.05, 0) is 31.7 Å². The van der Waals surface area contributed by atoms with Crippen molar-refractivity contribution in [3.05, 3.63) is 15.6 Å². The van der Waals surface area contributed by atoms with E-state index in [2.05, 4.69) is 31.4 Å². The maximum atomic E-state index is 4.75. The lowest BCUT2D eigenvalue weighted by atomic mass is 10.0. The van der Waals surface area contributed by atoms with E-state index in [1.807, 2.05) is 11.3 Å². The SMILES string of the molecule is CCc1nc(CCN2CCCC(C)C2)sc1CS. The molecule has 1 atom stereocenters. The van der Waals surface area contributed by atoms with Gasteiger partial charge in [0.25, 0.3) is 0 Å². The van der Waals surface area contributed by atoms with Crippen molar-refractivity contribution in [3.63, 3.8) is 0 Å². The van der Waals surface area contributed by atoms with Crippen LogP contribution in [0.3, 0.4) is 0 Å². The van der Waals surface area contributed by atoms with Crippen LogP contribution < -0.4 is 0 Å². The van der Waals surface area contributed by atoms with Gasteiger partial charge in [-0.1, -0.05) is 13.8 Å². The molecule has 1 fully saturated rings. The molecule has 0 spiro atoms. The van der Waals surface area contributed by atoms with Crippen molar-refractivity contribution in [2.75, 3.05) is 19.6 Å². The third-order valence-corrected chi connectivity index (χ3v) is 5.37. The van der Waals surface area contributed by atoms with Gasteiger partial charge in [-0.25, -0.2) is 4.98 Å². The number of rotatable bonds is 5. The van der Waals surface area contributed by atoms with Crippen LogP contribution in [-0.4, -0.2) is 29.5 Å². The van der Waals surface area contributed by atoms with Crippen molar-refractivity contribution < 1.29 is 0 Å². The van der Waals surface area contributed by atoms with Crippen molar-refractivity contribution >= 4 is 24.0 Å². The van der Waals surface area contributed by atoms with Gasteiger partial charge in [0.2, 0.25) is 0 Å². The van der Waals surface area contributed by atoms with E-state index in [0.717, 1.165) is 24.5 Å². The Balaban J connectivity index is 1.87. The molecule has 0 radical (unpaired) electrons. The van der Waals surface area contributed by atoms with E-state index < -0.39 is 0 Å². The fraction of sp³-hybridized carbons (Fsp3) is 0.786. The highest BCUT2D eigenvalue weighted by molar-refractivity contribution is 7.79. The molecule has 0 bridgehead atoms. The van der Waals surface area contributed by atoms with Gasteiger partial charge in [0.15, 0.2) is 0 Å². The van der Waals surface area contributed by atoms with Gasteiger partial charge >= 0.3 is 0 Å². The van der Waals surface area contributed by atoms with Crippen LogP contribution in [-0.2, 0) is 18.6 Å². The summed E-state index contributed by atoms with van der Waals surface area (Å²) in [6.07, 6.45) is 4.91. The second-order valence-corrected chi connectivity index (χ2v) is 6.77. The molecular formula is C14H24N2S2. The first-order valence-corrected chi connectivity index (χ1v) is 8.48. The summed E-state index contributed by atoms with van der Waals surface area (Å²) in [5.41, 5.74) is 1.26. The number of hydrogen-bond donors (Lipinski definition) is 1. The van der Waals surface area contributed by atoms with E-state index in [4.69, 9.17) is 4.98 Å². The van der Waals surface area contributed by atoms with E-state index in [9.17, 15) is 0 Å². The molecule has 1 aliphatic heterocycles. The molecule has 0 saturated carbocycles. The van der Waals surface area contributed by atoms with Crippen molar-refractivity contribution in [2.24, 2.45) is 5.92 Å². The maximum Gasteiger partial charge on any atom is 0.0944 e. The number of thiol groups is 1. The van der Waals surface area contributed by atoms with Crippen LogP contribution in [0.25, 0.3) is 0 Å². The Kier molecular flexibility index (Phi) is 5.52. The average Bonchev–Trinajstić information content (AvgIpc) is 2.79. The zero-order valence-corrected chi connectivity index (χ0v) is 13.2. The summed E-state index contributed by atoms with van der Waals surface area (Å²) in [5.74, 6) is 1.70. The molecule has 0 aromatic carbocycles. The molecule has 2 rings (SSSR count). The molecule has 1 aromatic rings. The van der Waals surface area contributed by atoms with Gasteiger partial charge in [0, 0.05) is 30.1 Å². The summed E-state index contributed by atoms with van der Waals surface area (Å²) < 4.78 is 0. The lowest BCUT2D eigenvalue weighted by Gasteiger charge is -2.30. The quantitative estimate of drug-likeness (QED) is 0.834. The Labute approximate surface area is 120 Å². The Morgan fingerprint density at radius 1 is 1.50 bits per heavy atom. The molecule has 1 aromatic heterocycles. The van der Waals surface area contributed by atoms with Crippen molar-refractivity contribution in [1.82, 2.24) is 9.88 Å². The summed E-state index contributed by atoms with van der Waals surface area (Å²) in [5, 5.41) is 1.30. The minimum absolute atomic E-state index is 0.835. The third-order valence-electron chi connectivity index (χ3n) is 3.68. The minimum atomic E-state index is 0.835. The molecule has 1 saturated heterocycles. The second-order valence-electron chi connectivity index (χ2n) is 5.29. The van der Waals surface area contributed by atoms with Gasteiger partial charge in [-0.2, -0.15) is 12.6 Å². The molecule has 2 heterocycles. The van der Waals surface area contributed by atoms with Crippen LogP contribution in [0.15, 0.2) is 0 Å². The number of hydrogen-bond acceptors (Lipinski definition) is 4. The van der Waals surface area contributed by atoms with Crippen LogP contribution in [0.4, 0.5) is 0 Å². The number of likely N-dealkylation sites (tertiary alicyclic amines) is 1. The van der Waals surface area contributed by atoms with Crippen LogP contribution >= 0.6 is 24.0 Å². The standard InChI is InChI=1S/C14H24N2S2/c1-3-12-13(10-17)18-14(15-12)6-8-16-7-4-5-11(2)9-16/h11,17H,3-10H2,1-2H3. The second kappa shape index (κ2) is 6.92. The maximum absolute atomic E-state index is 4.75. The number of piperidine rings is 1. The summed E-state index contributed by atoms with van der Waals surface area (Å²) in [6, 6.07) is 0. The average molecular weight is 284 g/mol. The predicted octanol–water partition coefficient (Wildman–Crippen LogP) is 3.41. The van der Waals surface area contributed by atoms with Gasteiger partial charge in [0.05, 0.1) is 10.7 Å². The normalized spacial score (nSPS) is 21.4. The molecular weight excluding hydrogens is 260 g/mol.